The summed E-state index contributed by atoms with van der Waals surface area (Å²) in [5.74, 6) is 0. The Bertz CT molecular complexity index is 139. The Labute approximate surface area is 71.9 Å². The quantitative estimate of drug-likeness (QED) is 0.304. The maximum atomic E-state index is 10.6. The molecule has 12 heavy (non-hydrogen) atoms. The summed E-state index contributed by atoms with van der Waals surface area (Å²) in [6, 6.07) is -0.526. The average Bonchev–Trinajstić information content (AvgIpc) is 2.05. The van der Waals surface area contributed by atoms with Gasteiger partial charge in [0.15, 0.2) is 0 Å². The predicted molar refractivity (Wildman–Crippen MR) is 45.3 cm³/mol. The van der Waals surface area contributed by atoms with Crippen molar-refractivity contribution in [1.29, 1.82) is 0 Å². The zero-order valence-electron chi connectivity index (χ0n) is 7.22. The lowest BCUT2D eigenvalue weighted by atomic mass is 10.2. The van der Waals surface area contributed by atoms with Crippen LogP contribution in [-0.2, 0) is 4.79 Å². The van der Waals surface area contributed by atoms with E-state index in [4.69, 9.17) is 0 Å². The standard InChI is InChI=1S/C7H15N3O2/c1-2-3-4-5-9-10-7(12)8-6-11/h6,9H,2-5H2,1H3,(H2,8,10,11,12). The monoisotopic (exact) mass is 173 g/mol. The average molecular weight is 173 g/mol. The molecule has 0 spiro atoms. The molecule has 0 bridgehead atoms. The molecule has 5 nitrogen and oxygen atoms in total. The van der Waals surface area contributed by atoms with E-state index in [1.807, 2.05) is 5.32 Å². The highest BCUT2D eigenvalue weighted by Crippen LogP contribution is 1.89. The number of amides is 3. The zero-order chi connectivity index (χ0) is 9.23. The van der Waals surface area contributed by atoms with Crippen LogP contribution in [0.4, 0.5) is 4.79 Å². The van der Waals surface area contributed by atoms with Crippen LogP contribution in [0.2, 0.25) is 0 Å². The predicted octanol–water partition coefficient (Wildman–Crippen LogP) is 0.137. The largest absolute Gasteiger partial charge is 0.335 e. The van der Waals surface area contributed by atoms with Gasteiger partial charge in [-0.3, -0.25) is 15.5 Å². The lowest BCUT2D eigenvalue weighted by Crippen LogP contribution is -2.43. The Hall–Kier alpha value is -1.10. The topological polar surface area (TPSA) is 70.2 Å². The molecule has 0 aromatic rings. The van der Waals surface area contributed by atoms with Gasteiger partial charge >= 0.3 is 6.03 Å². The molecule has 0 atom stereocenters. The Morgan fingerprint density at radius 3 is 2.75 bits per heavy atom. The van der Waals surface area contributed by atoms with Crippen LogP contribution < -0.4 is 16.2 Å². The summed E-state index contributed by atoms with van der Waals surface area (Å²) in [6.45, 7) is 2.83. The van der Waals surface area contributed by atoms with E-state index in [0.29, 0.717) is 6.41 Å². The van der Waals surface area contributed by atoms with Crippen molar-refractivity contribution in [2.45, 2.75) is 26.2 Å². The van der Waals surface area contributed by atoms with Gasteiger partial charge in [0.2, 0.25) is 6.41 Å². The summed E-state index contributed by atoms with van der Waals surface area (Å²) in [4.78, 5) is 20.3. The van der Waals surface area contributed by atoms with E-state index in [-0.39, 0.29) is 0 Å². The minimum absolute atomic E-state index is 0.336. The van der Waals surface area contributed by atoms with Gasteiger partial charge in [-0.1, -0.05) is 19.8 Å². The van der Waals surface area contributed by atoms with E-state index in [2.05, 4.69) is 17.8 Å². The van der Waals surface area contributed by atoms with Crippen molar-refractivity contribution in [3.63, 3.8) is 0 Å². The Kier molecular flexibility index (Phi) is 7.27. The molecule has 3 N–H and O–H groups in total. The second-order valence-electron chi connectivity index (χ2n) is 2.35. The molecule has 0 radical (unpaired) electrons. The Morgan fingerprint density at radius 2 is 2.17 bits per heavy atom. The third-order valence-corrected chi connectivity index (χ3v) is 1.30. The van der Waals surface area contributed by atoms with Crippen LogP contribution in [0.15, 0.2) is 0 Å². The fourth-order valence-corrected chi connectivity index (χ4v) is 0.696. The minimum atomic E-state index is -0.526. The second-order valence-corrected chi connectivity index (χ2v) is 2.35. The number of hydrogen-bond donors (Lipinski definition) is 3. The number of imide groups is 1. The summed E-state index contributed by atoms with van der Waals surface area (Å²) in [6.07, 6.45) is 3.62. The van der Waals surface area contributed by atoms with E-state index in [9.17, 15) is 9.59 Å². The van der Waals surface area contributed by atoms with Crippen molar-refractivity contribution < 1.29 is 9.59 Å². The summed E-state index contributed by atoms with van der Waals surface area (Å²) in [5.41, 5.74) is 5.00. The first-order valence-corrected chi connectivity index (χ1v) is 4.04. The molecule has 0 rings (SSSR count). The summed E-state index contributed by atoms with van der Waals surface area (Å²) >= 11 is 0. The number of nitrogens with one attached hydrogen (secondary N) is 3. The number of carbonyl (C=O) groups is 2. The number of hydrogen-bond acceptors (Lipinski definition) is 3. The van der Waals surface area contributed by atoms with Crippen LogP contribution in [0.25, 0.3) is 0 Å². The van der Waals surface area contributed by atoms with Gasteiger partial charge < -0.3 is 0 Å². The van der Waals surface area contributed by atoms with Crippen molar-refractivity contribution >= 4 is 12.4 Å². The van der Waals surface area contributed by atoms with E-state index >= 15 is 0 Å². The molecule has 0 unspecified atom stereocenters. The number of urea groups is 1. The first-order chi connectivity index (χ1) is 5.81. The molecule has 0 aromatic heterocycles. The Balaban J connectivity index is 3.08. The summed E-state index contributed by atoms with van der Waals surface area (Å²) in [7, 11) is 0. The van der Waals surface area contributed by atoms with Gasteiger partial charge in [-0.25, -0.2) is 10.2 Å². The number of hydrazine groups is 1. The molecular weight excluding hydrogens is 158 g/mol. The van der Waals surface area contributed by atoms with Gasteiger partial charge in [0, 0.05) is 6.54 Å². The van der Waals surface area contributed by atoms with E-state index in [1.54, 1.807) is 0 Å². The Morgan fingerprint density at radius 1 is 1.42 bits per heavy atom. The lowest BCUT2D eigenvalue weighted by Gasteiger charge is -2.04. The van der Waals surface area contributed by atoms with Gasteiger partial charge in [0.25, 0.3) is 0 Å². The summed E-state index contributed by atoms with van der Waals surface area (Å²) in [5, 5.41) is 1.94. The number of rotatable bonds is 6. The van der Waals surface area contributed by atoms with Gasteiger partial charge in [0.1, 0.15) is 0 Å². The zero-order valence-corrected chi connectivity index (χ0v) is 7.22. The van der Waals surface area contributed by atoms with Crippen LogP contribution in [0.1, 0.15) is 26.2 Å². The lowest BCUT2D eigenvalue weighted by molar-refractivity contribution is -0.108. The molecular formula is C7H15N3O2. The smallest absolute Gasteiger partial charge is 0.280 e. The molecule has 3 amide bonds. The second kappa shape index (κ2) is 8.00. The van der Waals surface area contributed by atoms with Gasteiger partial charge in [-0.15, -0.1) is 0 Å². The van der Waals surface area contributed by atoms with Crippen molar-refractivity contribution in [1.82, 2.24) is 16.2 Å². The van der Waals surface area contributed by atoms with E-state index < -0.39 is 6.03 Å². The third kappa shape index (κ3) is 7.01. The molecule has 0 aliphatic heterocycles. The first kappa shape index (κ1) is 10.9. The SMILES string of the molecule is CCCCCNNC(=O)NC=O. The van der Waals surface area contributed by atoms with E-state index in [1.165, 1.54) is 0 Å². The fourth-order valence-electron chi connectivity index (χ4n) is 0.696. The van der Waals surface area contributed by atoms with E-state index in [0.717, 1.165) is 25.8 Å². The molecule has 0 aliphatic carbocycles. The molecule has 70 valence electrons. The van der Waals surface area contributed by atoms with Crippen molar-refractivity contribution in [2.75, 3.05) is 6.54 Å². The third-order valence-electron chi connectivity index (χ3n) is 1.30. The normalized spacial score (nSPS) is 9.08. The van der Waals surface area contributed by atoms with Crippen molar-refractivity contribution in [3.05, 3.63) is 0 Å². The molecule has 0 saturated carbocycles. The highest BCUT2D eigenvalue weighted by atomic mass is 16.2. The molecule has 0 saturated heterocycles. The fraction of sp³-hybridized carbons (Fsp3) is 0.714. The molecule has 0 aliphatic rings. The molecule has 5 heteroatoms. The van der Waals surface area contributed by atoms with Gasteiger partial charge in [0.05, 0.1) is 0 Å². The summed E-state index contributed by atoms with van der Waals surface area (Å²) < 4.78 is 0. The van der Waals surface area contributed by atoms with Gasteiger partial charge in [-0.2, -0.15) is 0 Å². The highest BCUT2D eigenvalue weighted by Gasteiger charge is 1.94. The highest BCUT2D eigenvalue weighted by molar-refractivity contribution is 5.83. The molecule has 0 aromatic carbocycles. The maximum absolute atomic E-state index is 10.6. The minimum Gasteiger partial charge on any atom is -0.280 e. The van der Waals surface area contributed by atoms with Crippen molar-refractivity contribution in [3.8, 4) is 0 Å². The maximum Gasteiger partial charge on any atom is 0.335 e. The van der Waals surface area contributed by atoms with Crippen LogP contribution in [0.5, 0.6) is 0 Å². The molecule has 0 heterocycles. The number of unbranched alkanes of at least 4 members (excludes halogenated alkanes) is 2. The molecule has 0 fully saturated rings. The van der Waals surface area contributed by atoms with Crippen LogP contribution in [0, 0.1) is 0 Å². The van der Waals surface area contributed by atoms with Crippen molar-refractivity contribution in [2.24, 2.45) is 0 Å². The van der Waals surface area contributed by atoms with Gasteiger partial charge in [-0.05, 0) is 6.42 Å². The first-order valence-electron chi connectivity index (χ1n) is 4.04. The number of carbonyl (C=O) groups excluding carboxylic acids is 2. The van der Waals surface area contributed by atoms with Crippen LogP contribution >= 0.6 is 0 Å². The van der Waals surface area contributed by atoms with Crippen LogP contribution in [0.3, 0.4) is 0 Å². The van der Waals surface area contributed by atoms with Crippen LogP contribution in [-0.4, -0.2) is 19.0 Å².